The molecular weight excluding hydrogens is 339 g/mol. The molecule has 0 amide bonds. The predicted octanol–water partition coefficient (Wildman–Crippen LogP) is 3.91. The van der Waals surface area contributed by atoms with Crippen molar-refractivity contribution >= 4 is 0 Å². The van der Waals surface area contributed by atoms with E-state index in [1.807, 2.05) is 24.4 Å². The summed E-state index contributed by atoms with van der Waals surface area (Å²) in [5.74, 6) is 1.31. The molecule has 4 nitrogen and oxygen atoms in total. The lowest BCUT2D eigenvalue weighted by molar-refractivity contribution is 0.129. The van der Waals surface area contributed by atoms with Crippen LogP contribution < -0.4 is 0 Å². The van der Waals surface area contributed by atoms with Gasteiger partial charge in [-0.25, -0.2) is 14.4 Å². The van der Waals surface area contributed by atoms with Crippen LogP contribution in [0.3, 0.4) is 0 Å². The molecule has 0 N–H and O–H groups in total. The summed E-state index contributed by atoms with van der Waals surface area (Å²) >= 11 is 0. The van der Waals surface area contributed by atoms with Crippen LogP contribution in [0.15, 0.2) is 36.5 Å². The average molecular weight is 371 g/mol. The zero-order valence-corrected chi connectivity index (χ0v) is 16.7. The first-order valence-corrected chi connectivity index (χ1v) is 10.1. The van der Waals surface area contributed by atoms with Gasteiger partial charge in [-0.15, -0.1) is 0 Å². The van der Waals surface area contributed by atoms with Crippen LogP contribution >= 0.6 is 0 Å². The Kier molecular flexibility index (Phi) is 6.91. The SMILES string of the molecule is CCc1nccc(CN2CCCN(Cc3ccc(F)cc3)[C@@H](C(C)C)C2)n1. The van der Waals surface area contributed by atoms with E-state index in [0.29, 0.717) is 12.0 Å². The van der Waals surface area contributed by atoms with Crippen LogP contribution in [-0.4, -0.2) is 45.4 Å². The van der Waals surface area contributed by atoms with Crippen LogP contribution in [0.4, 0.5) is 4.39 Å². The normalized spacial score (nSPS) is 19.4. The second-order valence-corrected chi connectivity index (χ2v) is 7.81. The molecule has 0 spiro atoms. The molecule has 1 atom stereocenters. The van der Waals surface area contributed by atoms with E-state index in [4.69, 9.17) is 0 Å². The largest absolute Gasteiger partial charge is 0.296 e. The predicted molar refractivity (Wildman–Crippen MR) is 107 cm³/mol. The molecule has 0 radical (unpaired) electrons. The van der Waals surface area contributed by atoms with Gasteiger partial charge >= 0.3 is 0 Å². The number of rotatable bonds is 6. The lowest BCUT2D eigenvalue weighted by Crippen LogP contribution is -2.44. The third-order valence-corrected chi connectivity index (χ3v) is 5.37. The van der Waals surface area contributed by atoms with Crippen LogP contribution in [0.25, 0.3) is 0 Å². The van der Waals surface area contributed by atoms with Crippen molar-refractivity contribution in [3.05, 3.63) is 59.4 Å². The Morgan fingerprint density at radius 2 is 1.89 bits per heavy atom. The number of aromatic nitrogens is 2. The summed E-state index contributed by atoms with van der Waals surface area (Å²) in [7, 11) is 0. The van der Waals surface area contributed by atoms with Gasteiger partial charge in [-0.2, -0.15) is 0 Å². The van der Waals surface area contributed by atoms with Gasteiger partial charge in [0.1, 0.15) is 11.6 Å². The molecule has 146 valence electrons. The van der Waals surface area contributed by atoms with E-state index in [0.717, 1.165) is 57.1 Å². The number of hydrogen-bond donors (Lipinski definition) is 0. The van der Waals surface area contributed by atoms with Gasteiger partial charge in [0.25, 0.3) is 0 Å². The molecule has 1 fully saturated rings. The number of nitrogens with zero attached hydrogens (tertiary/aromatic N) is 4. The van der Waals surface area contributed by atoms with Crippen molar-refractivity contribution in [3.8, 4) is 0 Å². The van der Waals surface area contributed by atoms with Crippen LogP contribution in [0, 0.1) is 11.7 Å². The molecule has 3 rings (SSSR count). The summed E-state index contributed by atoms with van der Waals surface area (Å²) in [4.78, 5) is 14.1. The first kappa shape index (κ1) is 19.9. The minimum atomic E-state index is -0.169. The summed E-state index contributed by atoms with van der Waals surface area (Å²) in [6.45, 7) is 11.6. The van der Waals surface area contributed by atoms with Gasteiger partial charge in [-0.1, -0.05) is 32.9 Å². The monoisotopic (exact) mass is 370 g/mol. The Morgan fingerprint density at radius 3 is 2.59 bits per heavy atom. The van der Waals surface area contributed by atoms with Gasteiger partial charge in [-0.05, 0) is 42.6 Å². The second-order valence-electron chi connectivity index (χ2n) is 7.81. The van der Waals surface area contributed by atoms with Crippen molar-refractivity contribution in [1.29, 1.82) is 0 Å². The quantitative estimate of drug-likeness (QED) is 0.772. The summed E-state index contributed by atoms with van der Waals surface area (Å²) in [5, 5.41) is 0. The van der Waals surface area contributed by atoms with E-state index >= 15 is 0 Å². The summed E-state index contributed by atoms with van der Waals surface area (Å²) in [6, 6.07) is 9.44. The highest BCUT2D eigenvalue weighted by Gasteiger charge is 2.27. The number of benzene rings is 1. The fourth-order valence-corrected chi connectivity index (χ4v) is 3.86. The van der Waals surface area contributed by atoms with Crippen molar-refractivity contribution in [1.82, 2.24) is 19.8 Å². The molecule has 0 aliphatic carbocycles. The third kappa shape index (κ3) is 5.56. The van der Waals surface area contributed by atoms with Gasteiger partial charge in [0.15, 0.2) is 0 Å². The smallest absolute Gasteiger partial charge is 0.128 e. The van der Waals surface area contributed by atoms with Crippen LogP contribution in [0.5, 0.6) is 0 Å². The second kappa shape index (κ2) is 9.38. The van der Waals surface area contributed by atoms with Crippen LogP contribution in [0.2, 0.25) is 0 Å². The summed E-state index contributed by atoms with van der Waals surface area (Å²) < 4.78 is 13.2. The summed E-state index contributed by atoms with van der Waals surface area (Å²) in [5.41, 5.74) is 2.29. The van der Waals surface area contributed by atoms with E-state index in [1.165, 1.54) is 5.56 Å². The first-order valence-electron chi connectivity index (χ1n) is 10.1. The number of hydrogen-bond acceptors (Lipinski definition) is 4. The molecule has 2 heterocycles. The molecule has 1 aromatic heterocycles. The number of halogens is 1. The lowest BCUT2D eigenvalue weighted by Gasteiger charge is -2.34. The molecule has 0 bridgehead atoms. The Bertz CT molecular complexity index is 717. The van der Waals surface area contributed by atoms with Gasteiger partial charge in [0, 0.05) is 44.8 Å². The van der Waals surface area contributed by atoms with Crippen molar-refractivity contribution in [2.45, 2.75) is 52.7 Å². The molecule has 1 aromatic carbocycles. The van der Waals surface area contributed by atoms with E-state index in [1.54, 1.807) is 12.1 Å². The molecule has 1 aliphatic heterocycles. The topological polar surface area (TPSA) is 32.3 Å². The van der Waals surface area contributed by atoms with Gasteiger partial charge < -0.3 is 0 Å². The maximum atomic E-state index is 13.2. The van der Waals surface area contributed by atoms with E-state index in [-0.39, 0.29) is 5.82 Å². The van der Waals surface area contributed by atoms with Gasteiger partial charge in [0.05, 0.1) is 5.69 Å². The minimum absolute atomic E-state index is 0.169. The van der Waals surface area contributed by atoms with Crippen LogP contribution in [-0.2, 0) is 19.5 Å². The first-order chi connectivity index (χ1) is 13.0. The van der Waals surface area contributed by atoms with Crippen molar-refractivity contribution in [3.63, 3.8) is 0 Å². The molecule has 1 aliphatic rings. The molecule has 0 unspecified atom stereocenters. The highest BCUT2D eigenvalue weighted by Crippen LogP contribution is 2.21. The zero-order valence-electron chi connectivity index (χ0n) is 16.7. The van der Waals surface area contributed by atoms with Crippen LogP contribution in [0.1, 0.15) is 44.3 Å². The zero-order chi connectivity index (χ0) is 19.2. The Hall–Kier alpha value is -1.85. The lowest BCUT2D eigenvalue weighted by atomic mass is 10.0. The molecule has 1 saturated heterocycles. The Balaban J connectivity index is 1.69. The Labute approximate surface area is 162 Å². The maximum Gasteiger partial charge on any atom is 0.128 e. The summed E-state index contributed by atoms with van der Waals surface area (Å²) in [6.07, 6.45) is 3.88. The molecule has 27 heavy (non-hydrogen) atoms. The van der Waals surface area contributed by atoms with Gasteiger partial charge in [0.2, 0.25) is 0 Å². The van der Waals surface area contributed by atoms with Crippen molar-refractivity contribution in [2.75, 3.05) is 19.6 Å². The molecule has 5 heteroatoms. The van der Waals surface area contributed by atoms with Crippen molar-refractivity contribution < 1.29 is 4.39 Å². The molecule has 2 aromatic rings. The van der Waals surface area contributed by atoms with Crippen molar-refractivity contribution in [2.24, 2.45) is 5.92 Å². The van der Waals surface area contributed by atoms with E-state index in [2.05, 4.69) is 40.5 Å². The highest BCUT2D eigenvalue weighted by atomic mass is 19.1. The third-order valence-electron chi connectivity index (χ3n) is 5.37. The Morgan fingerprint density at radius 1 is 1.11 bits per heavy atom. The minimum Gasteiger partial charge on any atom is -0.296 e. The standard InChI is InChI=1S/C22H31FN4/c1-4-22-24-11-10-20(25-22)15-26-12-5-13-27(21(16-26)17(2)3)14-18-6-8-19(23)9-7-18/h6-11,17,21H,4-5,12-16H2,1-3H3/t21-/m1/s1. The van der Waals surface area contributed by atoms with E-state index < -0.39 is 0 Å². The van der Waals surface area contributed by atoms with E-state index in [9.17, 15) is 4.39 Å². The molecule has 0 saturated carbocycles. The molecular formula is C22H31FN4. The van der Waals surface area contributed by atoms with Gasteiger partial charge in [-0.3, -0.25) is 9.80 Å². The average Bonchev–Trinajstić information content (AvgIpc) is 2.86. The maximum absolute atomic E-state index is 13.2. The highest BCUT2D eigenvalue weighted by molar-refractivity contribution is 5.16. The fourth-order valence-electron chi connectivity index (χ4n) is 3.86. The number of aryl methyl sites for hydroxylation is 1. The fraction of sp³-hybridized carbons (Fsp3) is 0.545.